The Morgan fingerprint density at radius 2 is 1.74 bits per heavy atom. The van der Waals surface area contributed by atoms with E-state index in [1.807, 2.05) is 72.5 Å². The van der Waals surface area contributed by atoms with Gasteiger partial charge in [0.05, 0.1) is 28.5 Å². The average Bonchev–Trinajstić information content (AvgIpc) is 3.70. The number of rotatable bonds is 8. The summed E-state index contributed by atoms with van der Waals surface area (Å²) in [5.74, 6) is 0.443. The molecule has 1 aromatic heterocycles. The number of hydrogen-bond donors (Lipinski definition) is 0. The number of hydrogen-bond acceptors (Lipinski definition) is 3. The van der Waals surface area contributed by atoms with E-state index in [-0.39, 0.29) is 11.9 Å². The Hall–Kier alpha value is -3.24. The summed E-state index contributed by atoms with van der Waals surface area (Å²) in [6, 6.07) is 23.8. The summed E-state index contributed by atoms with van der Waals surface area (Å²) >= 11 is 6.32. The average molecular weight is 484 g/mol. The number of aryl methyl sites for hydroxylation is 1. The molecule has 0 aliphatic heterocycles. The molecule has 4 aromatic rings. The molecule has 1 aliphatic rings. The van der Waals surface area contributed by atoms with Crippen molar-refractivity contribution in [3.05, 3.63) is 106 Å². The van der Waals surface area contributed by atoms with E-state index in [1.165, 1.54) is 5.56 Å². The summed E-state index contributed by atoms with van der Waals surface area (Å²) in [6.07, 6.45) is 3.73. The number of carbonyl (C=O) groups excluding carboxylic acids is 1. The predicted octanol–water partition coefficient (Wildman–Crippen LogP) is 7.19. The van der Waals surface area contributed by atoms with Gasteiger partial charge in [0.2, 0.25) is 0 Å². The van der Waals surface area contributed by atoms with Crippen molar-refractivity contribution >= 4 is 28.5 Å². The van der Waals surface area contributed by atoms with Crippen molar-refractivity contribution in [1.82, 2.24) is 14.9 Å². The molecular formula is C30H30ClN3O. The lowest BCUT2D eigenvalue weighted by atomic mass is 9.98. The Morgan fingerprint density at radius 1 is 1.00 bits per heavy atom. The maximum absolute atomic E-state index is 13.8. The van der Waals surface area contributed by atoms with Crippen LogP contribution in [0.25, 0.3) is 11.0 Å². The van der Waals surface area contributed by atoms with Gasteiger partial charge in [0.15, 0.2) is 0 Å². The van der Waals surface area contributed by atoms with Gasteiger partial charge in [-0.05, 0) is 68.0 Å². The Balaban J connectivity index is 1.64. The minimum Gasteiger partial charge on any atom is -0.330 e. The molecule has 0 N–H and O–H groups in total. The van der Waals surface area contributed by atoms with Crippen LogP contribution in [0, 0.1) is 12.8 Å². The second-order valence-electron chi connectivity index (χ2n) is 9.50. The molecular weight excluding hydrogens is 454 g/mol. The van der Waals surface area contributed by atoms with Gasteiger partial charge in [-0.25, -0.2) is 9.97 Å². The number of nitrogens with zero attached hydrogens (tertiary/aromatic N) is 3. The first-order valence-corrected chi connectivity index (χ1v) is 12.8. The molecule has 5 rings (SSSR count). The molecule has 3 aromatic carbocycles. The third kappa shape index (κ3) is 5.23. The first kappa shape index (κ1) is 23.5. The molecule has 4 nitrogen and oxygen atoms in total. The Labute approximate surface area is 212 Å². The van der Waals surface area contributed by atoms with Crippen molar-refractivity contribution in [3.8, 4) is 0 Å². The summed E-state index contributed by atoms with van der Waals surface area (Å²) in [6.45, 7) is 4.83. The van der Waals surface area contributed by atoms with Crippen molar-refractivity contribution in [3.63, 3.8) is 0 Å². The number of benzene rings is 3. The summed E-state index contributed by atoms with van der Waals surface area (Å²) in [4.78, 5) is 26.1. The van der Waals surface area contributed by atoms with Crippen molar-refractivity contribution in [2.45, 2.75) is 45.6 Å². The Kier molecular flexibility index (Phi) is 6.83. The molecule has 1 atom stereocenters. The highest BCUT2D eigenvalue weighted by atomic mass is 35.5. The van der Waals surface area contributed by atoms with E-state index >= 15 is 0 Å². The maximum Gasteiger partial charge on any atom is 0.254 e. The third-order valence-electron chi connectivity index (χ3n) is 6.65. The zero-order valence-corrected chi connectivity index (χ0v) is 21.0. The summed E-state index contributed by atoms with van der Waals surface area (Å²) < 4.78 is 0. The van der Waals surface area contributed by atoms with E-state index in [2.05, 4.69) is 19.1 Å². The fourth-order valence-electron chi connectivity index (χ4n) is 4.74. The number of aromatic nitrogens is 2. The highest BCUT2D eigenvalue weighted by Crippen LogP contribution is 2.46. The van der Waals surface area contributed by atoms with Gasteiger partial charge in [-0.1, -0.05) is 66.6 Å². The summed E-state index contributed by atoms with van der Waals surface area (Å²) in [5, 5.41) is 0.637. The van der Waals surface area contributed by atoms with E-state index in [4.69, 9.17) is 21.6 Å². The quantitative estimate of drug-likeness (QED) is 0.266. The first-order chi connectivity index (χ1) is 17.0. The highest BCUT2D eigenvalue weighted by Gasteiger charge is 2.41. The van der Waals surface area contributed by atoms with Crippen LogP contribution in [0.2, 0.25) is 5.02 Å². The monoisotopic (exact) mass is 483 g/mol. The molecule has 0 saturated heterocycles. The molecule has 178 valence electrons. The standard InChI is InChI=1S/C30H30ClN3O/c1-3-17-34(30(35)23-11-9-20(2)10-12-23)29(22-13-14-22)28-27(18-21-7-5-4-6-8-21)32-25-16-15-24(31)19-26(25)33-28/h4-12,15-16,19,22,29H,3,13-14,17-18H2,1-2H3. The third-order valence-corrected chi connectivity index (χ3v) is 6.89. The molecule has 0 radical (unpaired) electrons. The van der Waals surface area contributed by atoms with Crippen LogP contribution in [0.5, 0.6) is 0 Å². The lowest BCUT2D eigenvalue weighted by Crippen LogP contribution is -2.38. The van der Waals surface area contributed by atoms with Crippen LogP contribution in [0.4, 0.5) is 0 Å². The zero-order valence-electron chi connectivity index (χ0n) is 20.2. The molecule has 35 heavy (non-hydrogen) atoms. The van der Waals surface area contributed by atoms with Crippen LogP contribution < -0.4 is 0 Å². The van der Waals surface area contributed by atoms with Crippen LogP contribution in [0.15, 0.2) is 72.8 Å². The van der Waals surface area contributed by atoms with Gasteiger partial charge < -0.3 is 4.90 Å². The molecule has 1 amide bonds. The van der Waals surface area contributed by atoms with Gasteiger partial charge in [0, 0.05) is 23.6 Å². The van der Waals surface area contributed by atoms with Crippen LogP contribution in [0.3, 0.4) is 0 Å². The van der Waals surface area contributed by atoms with Gasteiger partial charge >= 0.3 is 0 Å². The van der Waals surface area contributed by atoms with Crippen LogP contribution in [0.1, 0.15) is 65.1 Å². The number of carbonyl (C=O) groups is 1. The van der Waals surface area contributed by atoms with Gasteiger partial charge in [-0.2, -0.15) is 0 Å². The summed E-state index contributed by atoms with van der Waals surface area (Å²) in [5.41, 5.74) is 6.47. The van der Waals surface area contributed by atoms with Crippen LogP contribution in [-0.2, 0) is 6.42 Å². The SMILES string of the molecule is CCCN(C(=O)c1ccc(C)cc1)C(c1nc2cc(Cl)ccc2nc1Cc1ccccc1)C1CC1. The minimum atomic E-state index is -0.113. The minimum absolute atomic E-state index is 0.0578. The molecule has 1 unspecified atom stereocenters. The zero-order chi connectivity index (χ0) is 24.4. The van der Waals surface area contributed by atoms with Crippen LogP contribution in [-0.4, -0.2) is 27.3 Å². The second-order valence-corrected chi connectivity index (χ2v) is 9.93. The molecule has 1 aliphatic carbocycles. The second kappa shape index (κ2) is 10.2. The van der Waals surface area contributed by atoms with Gasteiger partial charge in [-0.3, -0.25) is 4.79 Å². The van der Waals surface area contributed by atoms with Crippen molar-refractivity contribution in [2.24, 2.45) is 5.92 Å². The Bertz CT molecular complexity index is 1330. The smallest absolute Gasteiger partial charge is 0.254 e. The fraction of sp³-hybridized carbons (Fsp3) is 0.300. The van der Waals surface area contributed by atoms with E-state index in [9.17, 15) is 4.79 Å². The van der Waals surface area contributed by atoms with Gasteiger partial charge in [0.25, 0.3) is 5.91 Å². The van der Waals surface area contributed by atoms with E-state index in [1.54, 1.807) is 0 Å². The maximum atomic E-state index is 13.8. The van der Waals surface area contributed by atoms with Gasteiger partial charge in [0.1, 0.15) is 0 Å². The number of fused-ring (bicyclic) bond motifs is 1. The first-order valence-electron chi connectivity index (χ1n) is 12.4. The van der Waals surface area contributed by atoms with E-state index in [0.29, 0.717) is 23.9 Å². The molecule has 0 bridgehead atoms. The molecule has 5 heteroatoms. The predicted molar refractivity (Wildman–Crippen MR) is 142 cm³/mol. The van der Waals surface area contributed by atoms with Gasteiger partial charge in [-0.15, -0.1) is 0 Å². The topological polar surface area (TPSA) is 46.1 Å². The molecule has 0 spiro atoms. The normalized spacial score (nSPS) is 14.1. The number of amides is 1. The molecule has 1 fully saturated rings. The van der Waals surface area contributed by atoms with Crippen LogP contribution >= 0.6 is 11.6 Å². The van der Waals surface area contributed by atoms with Crippen molar-refractivity contribution < 1.29 is 4.79 Å². The lowest BCUT2D eigenvalue weighted by Gasteiger charge is -2.33. The lowest BCUT2D eigenvalue weighted by molar-refractivity contribution is 0.0646. The summed E-state index contributed by atoms with van der Waals surface area (Å²) in [7, 11) is 0. The van der Waals surface area contributed by atoms with E-state index < -0.39 is 0 Å². The Morgan fingerprint density at radius 3 is 2.43 bits per heavy atom. The fourth-order valence-corrected chi connectivity index (χ4v) is 4.91. The highest BCUT2D eigenvalue weighted by molar-refractivity contribution is 6.31. The molecule has 1 heterocycles. The number of halogens is 1. The van der Waals surface area contributed by atoms with Crippen molar-refractivity contribution in [2.75, 3.05) is 6.54 Å². The van der Waals surface area contributed by atoms with Crippen molar-refractivity contribution in [1.29, 1.82) is 0 Å². The van der Waals surface area contributed by atoms with E-state index in [0.717, 1.165) is 52.8 Å². The molecule has 1 saturated carbocycles. The largest absolute Gasteiger partial charge is 0.330 e.